The molecule has 7 rings (SSSR count). The van der Waals surface area contributed by atoms with Gasteiger partial charge >= 0.3 is 6.09 Å². The number of rotatable bonds is 15. The molecule has 66 heavy (non-hydrogen) atoms. The Balaban J connectivity index is 1.57. The summed E-state index contributed by atoms with van der Waals surface area (Å²) in [5, 5.41) is 6.01. The molecule has 1 N–H and O–H groups in total. The Morgan fingerprint density at radius 3 is 2.17 bits per heavy atom. The fraction of sp³-hybridized carbons (Fsp3) is 0.378. The number of benzene rings is 4. The molecule has 352 valence electrons. The maximum absolute atomic E-state index is 15.3. The molecule has 2 aromatic heterocycles. The molecule has 2 heterocycles. The molecule has 4 aromatic carbocycles. The fourth-order valence-electron chi connectivity index (χ4n) is 7.47. The zero-order valence-electron chi connectivity index (χ0n) is 36.9. The Morgan fingerprint density at radius 2 is 1.59 bits per heavy atom. The summed E-state index contributed by atoms with van der Waals surface area (Å²) in [6.07, 6.45) is -2.83. The average Bonchev–Trinajstić information content (AvgIpc) is 4.01. The number of ether oxygens (including phenoxy) is 2. The summed E-state index contributed by atoms with van der Waals surface area (Å²) in [6.45, 7) is 6.28. The van der Waals surface area contributed by atoms with E-state index in [2.05, 4.69) is 10.4 Å². The number of aromatic nitrogens is 4. The summed E-state index contributed by atoms with van der Waals surface area (Å²) in [6, 6.07) is 14.5. The van der Waals surface area contributed by atoms with E-state index in [1.807, 2.05) is 0 Å². The lowest BCUT2D eigenvalue weighted by molar-refractivity contribution is 0.0500. The van der Waals surface area contributed by atoms with Crippen LogP contribution in [0.1, 0.15) is 76.0 Å². The minimum Gasteiger partial charge on any atom is -0.497 e. The van der Waals surface area contributed by atoms with E-state index in [1.54, 1.807) is 45.0 Å². The van der Waals surface area contributed by atoms with Crippen LogP contribution in [-0.4, -0.2) is 72.9 Å². The standard InChI is InChI=1S/C45H47ClF4N6O8S2/c1-44(2,3)64-43(58)52-35(20-26-18-28(47)22-29(48)19-26)40-51-34-21-27(45(4,5)65(7,59)60)10-15-32(34)42(57)56(40)36-17-16-33(46)38-39(36)54(24-37(49)50)53-41(38)55(66(61,62)31-13-14-31)23-25-8-11-30(63-6)12-9-25/h8-12,15-19,21-22,31,35,37H,13-14,20,23-24H2,1-7H3,(H,52,58)/t35-/m0/s1. The predicted octanol–water partition coefficient (Wildman–Crippen LogP) is 8.53. The number of sulfonamides is 1. The number of nitrogens with zero attached hydrogens (tertiary/aromatic N) is 5. The first kappa shape index (κ1) is 48.2. The van der Waals surface area contributed by atoms with Crippen molar-refractivity contribution in [2.24, 2.45) is 0 Å². The van der Waals surface area contributed by atoms with Crippen LogP contribution in [0, 0.1) is 11.6 Å². The van der Waals surface area contributed by atoms with Crippen molar-refractivity contribution in [3.05, 3.63) is 122 Å². The van der Waals surface area contributed by atoms with Crippen LogP contribution in [0.3, 0.4) is 0 Å². The predicted molar refractivity (Wildman–Crippen MR) is 243 cm³/mol. The maximum atomic E-state index is 15.3. The number of hydrogen-bond acceptors (Lipinski definition) is 10. The lowest BCUT2D eigenvalue weighted by atomic mass is 10.00. The lowest BCUT2D eigenvalue weighted by Crippen LogP contribution is -2.39. The number of sulfone groups is 1. The van der Waals surface area contributed by atoms with Crippen molar-refractivity contribution in [3.8, 4) is 11.4 Å². The third-order valence-electron chi connectivity index (χ3n) is 11.2. The zero-order valence-corrected chi connectivity index (χ0v) is 39.3. The van der Waals surface area contributed by atoms with Crippen molar-refractivity contribution in [2.45, 2.75) is 95.0 Å². The number of halogens is 5. The van der Waals surface area contributed by atoms with Gasteiger partial charge in [-0.05, 0) is 113 Å². The van der Waals surface area contributed by atoms with Gasteiger partial charge in [0.2, 0.25) is 10.0 Å². The van der Waals surface area contributed by atoms with Crippen LogP contribution >= 0.6 is 11.6 Å². The van der Waals surface area contributed by atoms with E-state index in [0.29, 0.717) is 30.2 Å². The van der Waals surface area contributed by atoms with Crippen molar-refractivity contribution in [2.75, 3.05) is 17.7 Å². The van der Waals surface area contributed by atoms with Gasteiger partial charge in [-0.25, -0.2) is 48.5 Å². The Morgan fingerprint density at radius 1 is 0.939 bits per heavy atom. The molecule has 0 radical (unpaired) electrons. The molecule has 6 aromatic rings. The highest BCUT2D eigenvalue weighted by atomic mass is 35.5. The number of alkyl carbamates (subject to hydrolysis) is 1. The largest absolute Gasteiger partial charge is 0.497 e. The normalized spacial score (nSPS) is 14.2. The van der Waals surface area contributed by atoms with Gasteiger partial charge in [0.25, 0.3) is 12.0 Å². The molecular weight excluding hydrogens is 928 g/mol. The van der Waals surface area contributed by atoms with E-state index >= 15 is 4.79 Å². The molecule has 1 aliphatic carbocycles. The molecule has 1 fully saturated rings. The van der Waals surface area contributed by atoms with Crippen LogP contribution in [0.25, 0.3) is 27.5 Å². The van der Waals surface area contributed by atoms with Crippen molar-refractivity contribution >= 4 is 65.2 Å². The Labute approximate surface area is 383 Å². The second-order valence-electron chi connectivity index (χ2n) is 17.6. The van der Waals surface area contributed by atoms with Gasteiger partial charge in [-0.15, -0.1) is 0 Å². The zero-order chi connectivity index (χ0) is 48.3. The second-order valence-corrected chi connectivity index (χ2v) is 22.7. The monoisotopic (exact) mass is 974 g/mol. The molecule has 0 spiro atoms. The summed E-state index contributed by atoms with van der Waals surface area (Å²) < 4.78 is 126. The number of anilines is 1. The van der Waals surface area contributed by atoms with Gasteiger partial charge in [0.1, 0.15) is 35.4 Å². The fourth-order valence-corrected chi connectivity index (χ4v) is 10.1. The van der Waals surface area contributed by atoms with E-state index < -0.39 is 84.2 Å². The van der Waals surface area contributed by atoms with E-state index in [4.69, 9.17) is 26.1 Å². The summed E-state index contributed by atoms with van der Waals surface area (Å²) in [7, 11) is -6.52. The molecule has 0 bridgehead atoms. The van der Waals surface area contributed by atoms with Gasteiger partial charge in [-0.1, -0.05) is 29.8 Å². The van der Waals surface area contributed by atoms with Crippen molar-refractivity contribution < 1.29 is 48.7 Å². The Hall–Kier alpha value is -5.73. The number of nitrogens with one attached hydrogen (secondary N) is 1. The molecule has 0 unspecified atom stereocenters. The second kappa shape index (κ2) is 17.8. The number of carbonyl (C=O) groups is 1. The Bertz CT molecular complexity index is 3130. The molecule has 0 saturated heterocycles. The average molecular weight is 975 g/mol. The molecule has 1 atom stereocenters. The number of methoxy groups -OCH3 is 1. The van der Waals surface area contributed by atoms with Crippen LogP contribution in [0.5, 0.6) is 5.75 Å². The molecule has 0 aliphatic heterocycles. The summed E-state index contributed by atoms with van der Waals surface area (Å²) in [5.41, 5.74) is -1.70. The van der Waals surface area contributed by atoms with Crippen LogP contribution in [0.2, 0.25) is 5.02 Å². The molecular formula is C45H47ClF4N6O8S2. The molecule has 1 aliphatic rings. The minimum atomic E-state index is -4.22. The minimum absolute atomic E-state index is 0.00727. The summed E-state index contributed by atoms with van der Waals surface area (Å²) in [5.74, 6) is -2.05. The van der Waals surface area contributed by atoms with Crippen molar-refractivity contribution in [1.29, 1.82) is 0 Å². The first-order valence-electron chi connectivity index (χ1n) is 20.6. The highest BCUT2D eigenvalue weighted by molar-refractivity contribution is 7.93. The smallest absolute Gasteiger partial charge is 0.408 e. The van der Waals surface area contributed by atoms with Gasteiger partial charge in [0.15, 0.2) is 15.7 Å². The van der Waals surface area contributed by atoms with Crippen molar-refractivity contribution in [1.82, 2.24) is 24.6 Å². The highest BCUT2D eigenvalue weighted by Crippen LogP contribution is 2.42. The number of amides is 1. The number of hydrogen-bond donors (Lipinski definition) is 1. The van der Waals surface area contributed by atoms with Gasteiger partial charge < -0.3 is 14.8 Å². The third kappa shape index (κ3) is 9.85. The van der Waals surface area contributed by atoms with Crippen LogP contribution in [0.4, 0.5) is 28.2 Å². The first-order valence-corrected chi connectivity index (χ1v) is 24.4. The van der Waals surface area contributed by atoms with E-state index in [0.717, 1.165) is 31.9 Å². The molecule has 14 nitrogen and oxygen atoms in total. The SMILES string of the molecule is COc1ccc(CN(c2nn(CC(F)F)c3c(-n4c([C@H](Cc5cc(F)cc(F)c5)NC(=O)OC(C)(C)C)nc5cc(C(C)(C)S(C)(=O)=O)ccc5c4=O)ccc(Cl)c23)S(=O)(=O)C2CC2)cc1. The van der Waals surface area contributed by atoms with E-state index in [1.165, 1.54) is 51.3 Å². The molecule has 21 heteroatoms. The highest BCUT2D eigenvalue weighted by Gasteiger charge is 2.43. The topological polar surface area (TPSA) is 172 Å². The van der Waals surface area contributed by atoms with Crippen molar-refractivity contribution in [3.63, 3.8) is 0 Å². The van der Waals surface area contributed by atoms with Crippen LogP contribution in [-0.2, 0) is 48.9 Å². The lowest BCUT2D eigenvalue weighted by Gasteiger charge is -2.27. The summed E-state index contributed by atoms with van der Waals surface area (Å²) in [4.78, 5) is 33.8. The number of alkyl halides is 2. The number of carbonyl (C=O) groups excluding carboxylic acids is 1. The van der Waals surface area contributed by atoms with Gasteiger partial charge in [-0.2, -0.15) is 5.10 Å². The quantitative estimate of drug-likeness (QED) is 0.0984. The first-order chi connectivity index (χ1) is 30.8. The number of fused-ring (bicyclic) bond motifs is 2. The molecule has 1 saturated carbocycles. The molecule has 1 amide bonds. The van der Waals surface area contributed by atoms with E-state index in [9.17, 15) is 39.2 Å². The van der Waals surface area contributed by atoms with E-state index in [-0.39, 0.29) is 61.8 Å². The van der Waals surface area contributed by atoms with Crippen LogP contribution in [0.15, 0.2) is 77.6 Å². The van der Waals surface area contributed by atoms with Gasteiger partial charge in [-0.3, -0.25) is 14.0 Å². The van der Waals surface area contributed by atoms with Gasteiger partial charge in [0.05, 0.1) is 62.2 Å². The summed E-state index contributed by atoms with van der Waals surface area (Å²) >= 11 is 6.93. The van der Waals surface area contributed by atoms with Crippen LogP contribution < -0.4 is 19.9 Å². The Kier molecular flexibility index (Phi) is 13.0. The van der Waals surface area contributed by atoms with Gasteiger partial charge in [0, 0.05) is 18.7 Å². The third-order valence-corrected chi connectivity index (χ3v) is 15.8. The maximum Gasteiger partial charge on any atom is 0.408 e.